The van der Waals surface area contributed by atoms with E-state index in [4.69, 9.17) is 17.4 Å². The third-order valence-corrected chi connectivity index (χ3v) is 5.28. The van der Waals surface area contributed by atoms with E-state index < -0.39 is 0 Å². The minimum Gasteiger partial charge on any atom is -0.351 e. The molecule has 27 heavy (non-hydrogen) atoms. The van der Waals surface area contributed by atoms with Crippen molar-refractivity contribution in [1.82, 2.24) is 20.2 Å². The van der Waals surface area contributed by atoms with Gasteiger partial charge in [-0.3, -0.25) is 4.79 Å². The normalized spacial score (nSPS) is 12.0. The van der Waals surface area contributed by atoms with E-state index in [0.29, 0.717) is 22.5 Å². The number of nitrogens with one attached hydrogen (secondary N) is 1. The zero-order chi connectivity index (χ0) is 19.4. The smallest absolute Gasteiger partial charge is 0.233 e. The van der Waals surface area contributed by atoms with Gasteiger partial charge in [0, 0.05) is 17.1 Å². The van der Waals surface area contributed by atoms with E-state index in [9.17, 15) is 4.79 Å². The molecular weight excluding hydrogens is 382 g/mol. The second kappa shape index (κ2) is 8.45. The maximum atomic E-state index is 12.4. The highest BCUT2D eigenvalue weighted by Crippen LogP contribution is 2.26. The number of hydrogen-bond donors (Lipinski definition) is 2. The molecule has 0 fully saturated rings. The van der Waals surface area contributed by atoms with Gasteiger partial charge in [-0.15, -0.1) is 10.2 Å². The molecule has 3 N–H and O–H groups in total. The van der Waals surface area contributed by atoms with Crippen molar-refractivity contribution in [3.05, 3.63) is 64.7 Å². The van der Waals surface area contributed by atoms with E-state index in [1.807, 2.05) is 50.2 Å². The molecule has 0 radical (unpaired) electrons. The Bertz CT molecular complexity index is 942. The average Bonchev–Trinajstić information content (AvgIpc) is 3.01. The Morgan fingerprint density at radius 3 is 2.70 bits per heavy atom. The van der Waals surface area contributed by atoms with Gasteiger partial charge in [0.25, 0.3) is 0 Å². The van der Waals surface area contributed by atoms with Crippen molar-refractivity contribution in [2.24, 2.45) is 0 Å². The fourth-order valence-electron chi connectivity index (χ4n) is 2.43. The number of thioether (sulfide) groups is 1. The van der Waals surface area contributed by atoms with Gasteiger partial charge in [0.15, 0.2) is 5.82 Å². The minimum absolute atomic E-state index is 0.0899. The molecule has 2 aromatic carbocycles. The molecule has 0 saturated carbocycles. The minimum atomic E-state index is -0.367. The topological polar surface area (TPSA) is 85.8 Å². The maximum Gasteiger partial charge on any atom is 0.233 e. The van der Waals surface area contributed by atoms with Gasteiger partial charge in [-0.1, -0.05) is 65.3 Å². The van der Waals surface area contributed by atoms with Crippen molar-refractivity contribution >= 4 is 29.3 Å². The van der Waals surface area contributed by atoms with Crippen molar-refractivity contribution in [1.29, 1.82) is 0 Å². The van der Waals surface area contributed by atoms with E-state index in [2.05, 4.69) is 15.5 Å². The zero-order valence-electron chi connectivity index (χ0n) is 15.0. The van der Waals surface area contributed by atoms with E-state index >= 15 is 0 Å². The number of aryl methyl sites for hydroxylation is 1. The fourth-order valence-corrected chi connectivity index (χ4v) is 3.42. The Kier molecular flexibility index (Phi) is 6.03. The molecule has 0 spiro atoms. The van der Waals surface area contributed by atoms with Crippen LogP contribution in [0.15, 0.2) is 53.7 Å². The number of hydrogen-bond acceptors (Lipinski definition) is 5. The lowest BCUT2D eigenvalue weighted by Crippen LogP contribution is -2.30. The Morgan fingerprint density at radius 2 is 2.00 bits per heavy atom. The molecule has 6 nitrogen and oxygen atoms in total. The molecule has 1 aromatic heterocycles. The molecule has 140 valence electrons. The summed E-state index contributed by atoms with van der Waals surface area (Å²) in [5, 5.41) is 11.8. The number of nitrogens with zero attached hydrogens (tertiary/aromatic N) is 3. The summed E-state index contributed by atoms with van der Waals surface area (Å²) in [6.45, 7) is 4.32. The Hall–Kier alpha value is -2.51. The van der Waals surface area contributed by atoms with Crippen LogP contribution in [0.5, 0.6) is 0 Å². The van der Waals surface area contributed by atoms with Crippen LogP contribution in [0.25, 0.3) is 11.4 Å². The molecule has 0 unspecified atom stereocenters. The third kappa shape index (κ3) is 4.81. The maximum absolute atomic E-state index is 12.4. The summed E-state index contributed by atoms with van der Waals surface area (Å²) < 4.78 is 1.38. The van der Waals surface area contributed by atoms with Crippen LogP contribution in [-0.4, -0.2) is 26.0 Å². The summed E-state index contributed by atoms with van der Waals surface area (Å²) in [6, 6.07) is 15.3. The summed E-state index contributed by atoms with van der Waals surface area (Å²) in [5.74, 6) is 6.51. The van der Waals surface area contributed by atoms with Gasteiger partial charge >= 0.3 is 0 Å². The molecule has 1 heterocycles. The number of aromatic nitrogens is 3. The zero-order valence-corrected chi connectivity index (χ0v) is 16.6. The van der Waals surface area contributed by atoms with Crippen LogP contribution in [0.2, 0.25) is 5.02 Å². The first-order valence-corrected chi connectivity index (χ1v) is 9.66. The second-order valence-corrected chi connectivity index (χ2v) is 7.89. The summed E-state index contributed by atoms with van der Waals surface area (Å²) in [4.78, 5) is 12.4. The van der Waals surface area contributed by atoms with Gasteiger partial charge in [-0.2, -0.15) is 0 Å². The van der Waals surface area contributed by atoms with Crippen LogP contribution in [0.3, 0.4) is 0 Å². The third-order valence-electron chi connectivity index (χ3n) is 3.99. The predicted octanol–water partition coefficient (Wildman–Crippen LogP) is 3.42. The van der Waals surface area contributed by atoms with Crippen molar-refractivity contribution in [2.45, 2.75) is 30.8 Å². The molecule has 0 aliphatic rings. The molecule has 0 aliphatic heterocycles. The Labute approximate surface area is 167 Å². The van der Waals surface area contributed by atoms with Gasteiger partial charge in [-0.25, -0.2) is 4.68 Å². The monoisotopic (exact) mass is 401 g/mol. The molecular formula is C19H20ClN5OS. The molecule has 1 atom stereocenters. The van der Waals surface area contributed by atoms with Gasteiger partial charge in [0.2, 0.25) is 11.1 Å². The first kappa shape index (κ1) is 19.3. The van der Waals surface area contributed by atoms with Crippen molar-refractivity contribution in [3.63, 3.8) is 0 Å². The number of nitrogens with two attached hydrogens (primary N) is 1. The van der Waals surface area contributed by atoms with E-state index in [1.54, 1.807) is 12.1 Å². The number of benzene rings is 2. The standard InChI is InChI=1S/C19H20ClN5OS/c1-12-6-8-14(9-7-12)11-22-18(26)13(2)27-19-24-23-17(25(19)21)15-4-3-5-16(20)10-15/h3-10,13H,11,21H2,1-2H3,(H,22,26)/t13-/m0/s1. The SMILES string of the molecule is Cc1ccc(CNC(=O)[C@H](C)Sc2nnc(-c3cccc(Cl)c3)n2N)cc1. The Balaban J connectivity index is 1.62. The number of rotatable bonds is 6. The van der Waals surface area contributed by atoms with Crippen molar-refractivity contribution < 1.29 is 4.79 Å². The molecule has 1 amide bonds. The molecule has 3 aromatic rings. The number of carbonyl (C=O) groups excluding carboxylic acids is 1. The lowest BCUT2D eigenvalue weighted by atomic mass is 10.1. The predicted molar refractivity (Wildman–Crippen MR) is 109 cm³/mol. The van der Waals surface area contributed by atoms with E-state index in [1.165, 1.54) is 22.0 Å². The highest BCUT2D eigenvalue weighted by molar-refractivity contribution is 8.00. The van der Waals surface area contributed by atoms with Gasteiger partial charge in [0.1, 0.15) is 0 Å². The van der Waals surface area contributed by atoms with Crippen molar-refractivity contribution in [2.75, 3.05) is 5.84 Å². The van der Waals surface area contributed by atoms with Crippen LogP contribution in [-0.2, 0) is 11.3 Å². The van der Waals surface area contributed by atoms with E-state index in [-0.39, 0.29) is 11.2 Å². The van der Waals surface area contributed by atoms with Gasteiger partial charge in [-0.05, 0) is 31.5 Å². The van der Waals surface area contributed by atoms with Crippen LogP contribution < -0.4 is 11.2 Å². The number of carbonyl (C=O) groups is 1. The average molecular weight is 402 g/mol. The Morgan fingerprint density at radius 1 is 1.26 bits per heavy atom. The summed E-state index contributed by atoms with van der Waals surface area (Å²) in [7, 11) is 0. The first-order valence-electron chi connectivity index (χ1n) is 8.40. The molecule has 0 bridgehead atoms. The highest BCUT2D eigenvalue weighted by Gasteiger charge is 2.19. The largest absolute Gasteiger partial charge is 0.351 e. The summed E-state index contributed by atoms with van der Waals surface area (Å²) in [5.41, 5.74) is 3.00. The lowest BCUT2D eigenvalue weighted by Gasteiger charge is -2.12. The van der Waals surface area contributed by atoms with E-state index in [0.717, 1.165) is 11.1 Å². The van der Waals surface area contributed by atoms with Crippen LogP contribution in [0.4, 0.5) is 0 Å². The fraction of sp³-hybridized carbons (Fsp3) is 0.211. The van der Waals surface area contributed by atoms with Crippen LogP contribution in [0.1, 0.15) is 18.1 Å². The number of amides is 1. The number of nitrogen functional groups attached to an aromatic ring is 1. The first-order chi connectivity index (χ1) is 12.9. The van der Waals surface area contributed by atoms with Crippen molar-refractivity contribution in [3.8, 4) is 11.4 Å². The quantitative estimate of drug-likeness (QED) is 0.488. The molecule has 0 aliphatic carbocycles. The van der Waals surface area contributed by atoms with Crippen LogP contribution in [0, 0.1) is 6.92 Å². The summed E-state index contributed by atoms with van der Waals surface area (Å²) in [6.07, 6.45) is 0. The highest BCUT2D eigenvalue weighted by atomic mass is 35.5. The lowest BCUT2D eigenvalue weighted by molar-refractivity contribution is -0.120. The van der Waals surface area contributed by atoms with Gasteiger partial charge < -0.3 is 11.2 Å². The second-order valence-electron chi connectivity index (χ2n) is 6.15. The van der Waals surface area contributed by atoms with Gasteiger partial charge in [0.05, 0.1) is 5.25 Å². The molecule has 0 saturated heterocycles. The summed E-state index contributed by atoms with van der Waals surface area (Å²) >= 11 is 7.27. The molecule has 3 rings (SSSR count). The van der Waals surface area contributed by atoms with Crippen LogP contribution >= 0.6 is 23.4 Å². The number of halogens is 1. The molecule has 8 heteroatoms.